The number of amides is 1. The van der Waals surface area contributed by atoms with E-state index in [2.05, 4.69) is 22.3 Å². The minimum atomic E-state index is 0.170. The maximum absolute atomic E-state index is 12.4. The zero-order valence-electron chi connectivity index (χ0n) is 15.1. The average molecular weight is 347 g/mol. The van der Waals surface area contributed by atoms with Crippen LogP contribution >= 0.6 is 0 Å². The van der Waals surface area contributed by atoms with Crippen molar-refractivity contribution in [2.75, 3.05) is 52.5 Å². The molecule has 2 fully saturated rings. The molecule has 1 aromatic carbocycles. The van der Waals surface area contributed by atoms with Gasteiger partial charge in [0.25, 0.3) is 0 Å². The molecule has 0 aliphatic carbocycles. The molecular formula is C19H29N3O3. The summed E-state index contributed by atoms with van der Waals surface area (Å²) in [6.07, 6.45) is 0.541. The Kier molecular flexibility index (Phi) is 6.67. The van der Waals surface area contributed by atoms with Crippen molar-refractivity contribution in [2.24, 2.45) is 0 Å². The van der Waals surface area contributed by atoms with Crippen LogP contribution in [0.3, 0.4) is 0 Å². The van der Waals surface area contributed by atoms with Crippen molar-refractivity contribution in [3.63, 3.8) is 0 Å². The lowest BCUT2D eigenvalue weighted by Gasteiger charge is -2.35. The Balaban J connectivity index is 1.41. The molecule has 2 aliphatic rings. The Morgan fingerprint density at radius 2 is 2.00 bits per heavy atom. The molecule has 0 bridgehead atoms. The topological polar surface area (TPSA) is 54.0 Å². The zero-order chi connectivity index (χ0) is 17.5. The summed E-state index contributed by atoms with van der Waals surface area (Å²) >= 11 is 0. The molecule has 2 aliphatic heterocycles. The summed E-state index contributed by atoms with van der Waals surface area (Å²) in [6.45, 7) is 9.30. The van der Waals surface area contributed by atoms with E-state index in [0.29, 0.717) is 19.6 Å². The highest BCUT2D eigenvalue weighted by Crippen LogP contribution is 2.15. The molecule has 6 heteroatoms. The van der Waals surface area contributed by atoms with Crippen molar-refractivity contribution in [3.8, 4) is 5.75 Å². The number of nitrogens with one attached hydrogen (secondary N) is 1. The van der Waals surface area contributed by atoms with E-state index < -0.39 is 0 Å². The normalized spacial score (nSPS) is 22.0. The third kappa shape index (κ3) is 5.42. The standard InChI is InChI=1S/C19H29N3O3/c1-2-25-18-5-3-16(4-6-18)14-21-8-10-22(11-9-21)19(23)13-17-15-24-12-7-20-17/h3-6,17,20H,2,7-15H2,1H3. The van der Waals surface area contributed by atoms with Gasteiger partial charge in [0.15, 0.2) is 0 Å². The number of ether oxygens (including phenoxy) is 2. The molecule has 1 N–H and O–H groups in total. The van der Waals surface area contributed by atoms with Crippen molar-refractivity contribution < 1.29 is 14.3 Å². The number of hydrogen-bond donors (Lipinski definition) is 1. The number of carbonyl (C=O) groups excluding carboxylic acids is 1. The van der Waals surface area contributed by atoms with E-state index in [1.165, 1.54) is 5.56 Å². The Labute approximate surface area is 150 Å². The molecule has 0 radical (unpaired) electrons. The summed E-state index contributed by atoms with van der Waals surface area (Å²) in [5.41, 5.74) is 1.28. The van der Waals surface area contributed by atoms with Gasteiger partial charge in [0.1, 0.15) is 5.75 Å². The van der Waals surface area contributed by atoms with Gasteiger partial charge in [0, 0.05) is 51.7 Å². The summed E-state index contributed by atoms with van der Waals surface area (Å²) in [4.78, 5) is 16.8. The van der Waals surface area contributed by atoms with Crippen LogP contribution in [0.25, 0.3) is 0 Å². The van der Waals surface area contributed by atoms with E-state index in [0.717, 1.165) is 51.6 Å². The third-order valence-corrected chi connectivity index (χ3v) is 4.79. The van der Waals surface area contributed by atoms with Crippen LogP contribution in [0.2, 0.25) is 0 Å². The van der Waals surface area contributed by atoms with E-state index in [1.54, 1.807) is 0 Å². The fourth-order valence-electron chi connectivity index (χ4n) is 3.36. The van der Waals surface area contributed by atoms with Crippen LogP contribution in [0.5, 0.6) is 5.75 Å². The number of piperazine rings is 1. The van der Waals surface area contributed by atoms with Crippen molar-refractivity contribution in [1.29, 1.82) is 0 Å². The van der Waals surface area contributed by atoms with Crippen molar-refractivity contribution in [1.82, 2.24) is 15.1 Å². The second-order valence-electron chi connectivity index (χ2n) is 6.66. The molecule has 0 saturated carbocycles. The molecule has 25 heavy (non-hydrogen) atoms. The Hall–Kier alpha value is -1.63. The highest BCUT2D eigenvalue weighted by Gasteiger charge is 2.24. The molecule has 1 aromatic rings. The molecule has 1 unspecified atom stereocenters. The van der Waals surface area contributed by atoms with E-state index in [-0.39, 0.29) is 11.9 Å². The molecule has 0 spiro atoms. The monoisotopic (exact) mass is 347 g/mol. The van der Waals surface area contributed by atoms with Gasteiger partial charge in [-0.15, -0.1) is 0 Å². The van der Waals surface area contributed by atoms with E-state index in [4.69, 9.17) is 9.47 Å². The van der Waals surface area contributed by atoms with Crippen molar-refractivity contribution >= 4 is 5.91 Å². The third-order valence-electron chi connectivity index (χ3n) is 4.79. The first-order valence-corrected chi connectivity index (χ1v) is 9.27. The highest BCUT2D eigenvalue weighted by molar-refractivity contribution is 5.77. The Bertz CT molecular complexity index is 535. The molecule has 2 saturated heterocycles. The highest BCUT2D eigenvalue weighted by atomic mass is 16.5. The maximum atomic E-state index is 12.4. The van der Waals surface area contributed by atoms with Crippen LogP contribution in [0, 0.1) is 0 Å². The molecule has 6 nitrogen and oxygen atoms in total. The lowest BCUT2D eigenvalue weighted by Crippen LogP contribution is -2.51. The minimum Gasteiger partial charge on any atom is -0.494 e. The van der Waals surface area contributed by atoms with E-state index >= 15 is 0 Å². The van der Waals surface area contributed by atoms with Gasteiger partial charge in [-0.2, -0.15) is 0 Å². The Morgan fingerprint density at radius 3 is 2.64 bits per heavy atom. The number of morpholine rings is 1. The van der Waals surface area contributed by atoms with Gasteiger partial charge in [-0.3, -0.25) is 9.69 Å². The smallest absolute Gasteiger partial charge is 0.224 e. The lowest BCUT2D eigenvalue weighted by atomic mass is 10.1. The second kappa shape index (κ2) is 9.17. The van der Waals surface area contributed by atoms with Gasteiger partial charge in [0.05, 0.1) is 19.8 Å². The molecular weight excluding hydrogens is 318 g/mol. The van der Waals surface area contributed by atoms with Crippen LogP contribution < -0.4 is 10.1 Å². The first kappa shape index (κ1) is 18.2. The first-order chi connectivity index (χ1) is 12.2. The van der Waals surface area contributed by atoms with Crippen LogP contribution in [0.4, 0.5) is 0 Å². The zero-order valence-corrected chi connectivity index (χ0v) is 15.1. The predicted octanol–water partition coefficient (Wildman–Crippen LogP) is 1.11. The number of benzene rings is 1. The van der Waals surface area contributed by atoms with Crippen LogP contribution in [-0.4, -0.2) is 74.3 Å². The second-order valence-corrected chi connectivity index (χ2v) is 6.66. The number of rotatable bonds is 6. The minimum absolute atomic E-state index is 0.170. The van der Waals surface area contributed by atoms with Crippen molar-refractivity contribution in [3.05, 3.63) is 29.8 Å². The number of nitrogens with zero attached hydrogens (tertiary/aromatic N) is 2. The quantitative estimate of drug-likeness (QED) is 0.835. The maximum Gasteiger partial charge on any atom is 0.224 e. The van der Waals surface area contributed by atoms with Gasteiger partial charge in [-0.05, 0) is 24.6 Å². The summed E-state index contributed by atoms with van der Waals surface area (Å²) < 4.78 is 10.9. The van der Waals surface area contributed by atoms with Crippen LogP contribution in [0.1, 0.15) is 18.9 Å². The van der Waals surface area contributed by atoms with Crippen molar-refractivity contribution in [2.45, 2.75) is 25.9 Å². The van der Waals surface area contributed by atoms with E-state index in [9.17, 15) is 4.79 Å². The largest absolute Gasteiger partial charge is 0.494 e. The summed E-state index contributed by atoms with van der Waals surface area (Å²) in [7, 11) is 0. The summed E-state index contributed by atoms with van der Waals surface area (Å²) in [5.74, 6) is 1.16. The molecule has 2 heterocycles. The van der Waals surface area contributed by atoms with Gasteiger partial charge in [0.2, 0.25) is 5.91 Å². The molecule has 3 rings (SSSR count). The SMILES string of the molecule is CCOc1ccc(CN2CCN(C(=O)CC3COCCN3)CC2)cc1. The van der Waals surface area contributed by atoms with Gasteiger partial charge < -0.3 is 19.7 Å². The first-order valence-electron chi connectivity index (χ1n) is 9.27. The van der Waals surface area contributed by atoms with Gasteiger partial charge >= 0.3 is 0 Å². The fraction of sp³-hybridized carbons (Fsp3) is 0.632. The van der Waals surface area contributed by atoms with E-state index in [1.807, 2.05) is 24.0 Å². The summed E-state index contributed by atoms with van der Waals surface area (Å²) in [6, 6.07) is 8.47. The Morgan fingerprint density at radius 1 is 1.24 bits per heavy atom. The molecule has 0 aromatic heterocycles. The van der Waals surface area contributed by atoms with Crippen LogP contribution in [0.15, 0.2) is 24.3 Å². The fourth-order valence-corrected chi connectivity index (χ4v) is 3.36. The lowest BCUT2D eigenvalue weighted by molar-refractivity contribution is -0.134. The molecule has 138 valence electrons. The average Bonchev–Trinajstić information content (AvgIpc) is 2.65. The van der Waals surface area contributed by atoms with Gasteiger partial charge in [-0.1, -0.05) is 12.1 Å². The molecule has 1 amide bonds. The number of carbonyl (C=O) groups is 1. The predicted molar refractivity (Wildman–Crippen MR) is 96.7 cm³/mol. The summed E-state index contributed by atoms with van der Waals surface area (Å²) in [5, 5.41) is 3.35. The van der Waals surface area contributed by atoms with Gasteiger partial charge in [-0.25, -0.2) is 0 Å². The molecule has 1 atom stereocenters. The number of hydrogen-bond acceptors (Lipinski definition) is 5. The van der Waals surface area contributed by atoms with Crippen LogP contribution in [-0.2, 0) is 16.1 Å².